The number of esters is 1. The van der Waals surface area contributed by atoms with Gasteiger partial charge in [0.1, 0.15) is 10.7 Å². The van der Waals surface area contributed by atoms with Crippen LogP contribution in [0.4, 0.5) is 10.7 Å². The van der Waals surface area contributed by atoms with Crippen molar-refractivity contribution in [1.82, 2.24) is 19.3 Å². The van der Waals surface area contributed by atoms with E-state index in [4.69, 9.17) is 4.74 Å². The number of benzene rings is 1. The molecule has 12 heteroatoms. The Hall–Kier alpha value is -3.28. The normalized spacial score (nSPS) is 10.9. The number of carbonyl (C=O) groups is 2. The summed E-state index contributed by atoms with van der Waals surface area (Å²) in [5, 5.41) is 2.27. The van der Waals surface area contributed by atoms with E-state index >= 15 is 0 Å². The van der Waals surface area contributed by atoms with Gasteiger partial charge in [-0.05, 0) is 31.0 Å². The van der Waals surface area contributed by atoms with Gasteiger partial charge in [-0.3, -0.25) is 5.32 Å². The number of aryl methyl sites for hydroxylation is 2. The number of urea groups is 1. The van der Waals surface area contributed by atoms with Gasteiger partial charge in [0.05, 0.1) is 19.8 Å². The monoisotopic (exact) mass is 423 g/mol. The van der Waals surface area contributed by atoms with Gasteiger partial charge in [-0.25, -0.2) is 22.3 Å². The van der Waals surface area contributed by atoms with Crippen LogP contribution in [0.25, 0.3) is 0 Å². The van der Waals surface area contributed by atoms with Crippen molar-refractivity contribution in [3.05, 3.63) is 35.2 Å². The Morgan fingerprint density at radius 2 is 1.86 bits per heavy atom. The Morgan fingerprint density at radius 1 is 1.17 bits per heavy atom. The first kappa shape index (κ1) is 22.0. The lowest BCUT2D eigenvalue weighted by Gasteiger charge is -2.19. The number of ether oxygens (including phenoxy) is 2. The van der Waals surface area contributed by atoms with Crippen molar-refractivity contribution >= 4 is 28.0 Å². The van der Waals surface area contributed by atoms with E-state index in [0.29, 0.717) is 16.3 Å². The first-order chi connectivity index (χ1) is 13.6. The van der Waals surface area contributed by atoms with Crippen molar-refractivity contribution in [3.63, 3.8) is 0 Å². The number of methoxy groups -OCH3 is 2. The molecule has 1 aromatic carbocycles. The largest absolute Gasteiger partial charge is 0.467 e. The molecular formula is C17H21N5O6S. The summed E-state index contributed by atoms with van der Waals surface area (Å²) in [6.45, 7) is 3.38. The second kappa shape index (κ2) is 8.82. The molecule has 1 aromatic heterocycles. The minimum atomic E-state index is -4.38. The summed E-state index contributed by atoms with van der Waals surface area (Å²) in [5.41, 5.74) is 0.491. The first-order valence-electron chi connectivity index (χ1n) is 8.41. The quantitative estimate of drug-likeness (QED) is 0.682. The molecule has 1 N–H and O–H groups in total. The zero-order chi connectivity index (χ0) is 21.8. The third-order valence-electron chi connectivity index (χ3n) is 3.91. The summed E-state index contributed by atoms with van der Waals surface area (Å²) < 4.78 is 36.1. The van der Waals surface area contributed by atoms with Crippen LogP contribution in [0.3, 0.4) is 0 Å². The predicted octanol–water partition coefficient (Wildman–Crippen LogP) is 1.39. The maximum Gasteiger partial charge on any atom is 0.339 e. The third-order valence-corrected chi connectivity index (χ3v) is 5.69. The van der Waals surface area contributed by atoms with Crippen molar-refractivity contribution in [3.8, 4) is 6.01 Å². The van der Waals surface area contributed by atoms with Crippen molar-refractivity contribution in [2.24, 2.45) is 0 Å². The molecule has 0 atom stereocenters. The molecule has 2 rings (SSSR count). The van der Waals surface area contributed by atoms with E-state index < -0.39 is 22.0 Å². The molecule has 11 nitrogen and oxygen atoms in total. The van der Waals surface area contributed by atoms with E-state index in [1.165, 1.54) is 19.2 Å². The van der Waals surface area contributed by atoms with E-state index in [-0.39, 0.29) is 28.2 Å². The molecule has 0 bridgehead atoms. The number of anilines is 1. The lowest BCUT2D eigenvalue weighted by atomic mass is 10.1. The van der Waals surface area contributed by atoms with Crippen LogP contribution in [0.2, 0.25) is 0 Å². The van der Waals surface area contributed by atoms with Crippen LogP contribution in [0.15, 0.2) is 23.1 Å². The number of nitrogens with one attached hydrogen (secondary N) is 1. The Labute approximate surface area is 168 Å². The number of hydrogen-bond donors (Lipinski definition) is 1. The van der Waals surface area contributed by atoms with Gasteiger partial charge in [-0.15, -0.1) is 0 Å². The maximum atomic E-state index is 13.0. The highest BCUT2D eigenvalue weighted by Gasteiger charge is 2.31. The molecule has 0 saturated heterocycles. The second-order valence-electron chi connectivity index (χ2n) is 5.77. The highest BCUT2D eigenvalue weighted by molar-refractivity contribution is 7.89. The van der Waals surface area contributed by atoms with E-state index in [9.17, 15) is 18.0 Å². The summed E-state index contributed by atoms with van der Waals surface area (Å²) in [4.78, 5) is 35.9. The summed E-state index contributed by atoms with van der Waals surface area (Å²) in [5.74, 6) is -0.754. The SMILES string of the molecule is CCc1ccc(C(=O)OC)c(S(=O)(=O)N(C)C(=O)Nc2nc(C)nc(OC)n2)c1. The average molecular weight is 423 g/mol. The molecule has 2 aromatic rings. The number of carbonyl (C=O) groups excluding carboxylic acids is 2. The zero-order valence-electron chi connectivity index (χ0n) is 16.6. The minimum Gasteiger partial charge on any atom is -0.467 e. The molecule has 0 fully saturated rings. The van der Waals surface area contributed by atoms with Crippen molar-refractivity contribution in [1.29, 1.82) is 0 Å². The van der Waals surface area contributed by atoms with Crippen molar-refractivity contribution < 1.29 is 27.5 Å². The summed E-state index contributed by atoms with van der Waals surface area (Å²) >= 11 is 0. The molecule has 1 heterocycles. The summed E-state index contributed by atoms with van der Waals surface area (Å²) in [6.07, 6.45) is 0.532. The van der Waals surface area contributed by atoms with Crippen LogP contribution in [-0.2, 0) is 21.2 Å². The molecule has 0 saturated carbocycles. The van der Waals surface area contributed by atoms with Gasteiger partial charge in [0.15, 0.2) is 0 Å². The van der Waals surface area contributed by atoms with Gasteiger partial charge < -0.3 is 9.47 Å². The maximum absolute atomic E-state index is 13.0. The van der Waals surface area contributed by atoms with Crippen LogP contribution in [0, 0.1) is 6.92 Å². The molecule has 0 radical (unpaired) electrons. The number of rotatable bonds is 6. The average Bonchev–Trinajstić information content (AvgIpc) is 2.71. The molecule has 0 spiro atoms. The van der Waals surface area contributed by atoms with E-state index in [2.05, 4.69) is 25.0 Å². The van der Waals surface area contributed by atoms with Crippen LogP contribution in [-0.4, -0.2) is 60.9 Å². The molecule has 0 aliphatic carbocycles. The standard InChI is InChI=1S/C17H21N5O6S/c1-6-11-7-8-12(14(23)27-4)13(9-11)29(25,26)22(3)17(24)21-15-18-10(2)19-16(20-15)28-5/h7-9H,6H2,1-5H3,(H,18,19,20,21,24). The molecule has 0 unspecified atom stereocenters. The van der Waals surface area contributed by atoms with Crippen molar-refractivity contribution in [2.45, 2.75) is 25.2 Å². The smallest absolute Gasteiger partial charge is 0.339 e. The van der Waals surface area contributed by atoms with Crippen LogP contribution >= 0.6 is 0 Å². The zero-order valence-corrected chi connectivity index (χ0v) is 17.4. The molecule has 0 aliphatic heterocycles. The van der Waals surface area contributed by atoms with E-state index in [0.717, 1.165) is 14.2 Å². The summed E-state index contributed by atoms with van der Waals surface area (Å²) in [7, 11) is -0.856. The number of amides is 2. The van der Waals surface area contributed by atoms with E-state index in [1.807, 2.05) is 6.92 Å². The molecular weight excluding hydrogens is 402 g/mol. The first-order valence-corrected chi connectivity index (χ1v) is 9.85. The lowest BCUT2D eigenvalue weighted by molar-refractivity contribution is 0.0596. The number of sulfonamides is 1. The predicted molar refractivity (Wildman–Crippen MR) is 102 cm³/mol. The van der Waals surface area contributed by atoms with E-state index in [1.54, 1.807) is 13.0 Å². The van der Waals surface area contributed by atoms with Gasteiger partial charge in [0.2, 0.25) is 5.95 Å². The Balaban J connectivity index is 2.41. The highest BCUT2D eigenvalue weighted by atomic mass is 32.2. The van der Waals surface area contributed by atoms with Crippen LogP contribution in [0.5, 0.6) is 6.01 Å². The fourth-order valence-corrected chi connectivity index (χ4v) is 3.60. The van der Waals surface area contributed by atoms with Gasteiger partial charge in [0.25, 0.3) is 10.0 Å². The van der Waals surface area contributed by atoms with Gasteiger partial charge in [-0.1, -0.05) is 13.0 Å². The van der Waals surface area contributed by atoms with Gasteiger partial charge in [-0.2, -0.15) is 15.0 Å². The minimum absolute atomic E-state index is 0.0399. The molecule has 156 valence electrons. The molecule has 29 heavy (non-hydrogen) atoms. The third kappa shape index (κ3) is 4.77. The fourth-order valence-electron chi connectivity index (χ4n) is 2.31. The number of aromatic nitrogens is 3. The number of nitrogens with zero attached hydrogens (tertiary/aromatic N) is 4. The van der Waals surface area contributed by atoms with Crippen molar-refractivity contribution in [2.75, 3.05) is 26.6 Å². The van der Waals surface area contributed by atoms with Gasteiger partial charge >= 0.3 is 18.0 Å². The van der Waals surface area contributed by atoms with Gasteiger partial charge in [0, 0.05) is 7.05 Å². The summed E-state index contributed by atoms with van der Waals surface area (Å²) in [6, 6.07) is 3.23. The topological polar surface area (TPSA) is 141 Å². The van der Waals surface area contributed by atoms with Crippen LogP contribution in [0.1, 0.15) is 28.7 Å². The number of hydrogen-bond acceptors (Lipinski definition) is 9. The Bertz CT molecular complexity index is 1040. The Kier molecular flexibility index (Phi) is 6.69. The molecule has 0 aliphatic rings. The fraction of sp³-hybridized carbons (Fsp3) is 0.353. The Morgan fingerprint density at radius 3 is 2.45 bits per heavy atom. The lowest BCUT2D eigenvalue weighted by Crippen LogP contribution is -2.37. The molecule has 2 amide bonds. The van der Waals surface area contributed by atoms with Crippen LogP contribution < -0.4 is 10.1 Å². The second-order valence-corrected chi connectivity index (χ2v) is 7.71. The highest BCUT2D eigenvalue weighted by Crippen LogP contribution is 2.23.